The summed E-state index contributed by atoms with van der Waals surface area (Å²) in [6, 6.07) is 4.79. The number of ether oxygens (including phenoxy) is 1. The maximum absolute atomic E-state index is 11.1. The second-order valence-electron chi connectivity index (χ2n) is 4.55. The molecule has 1 aromatic carbocycles. The standard InChI is InChI=1S/C14H16ClN3O3/c1-8-11(13(21-3)18(2)17-8)7-16-9-4-5-12(15)10(6-9)14(19)20/h4-6,16H,7H2,1-3H3,(H,19,20). The summed E-state index contributed by atoms with van der Waals surface area (Å²) >= 11 is 5.84. The van der Waals surface area contributed by atoms with Crippen LogP contribution in [0, 0.1) is 6.92 Å². The summed E-state index contributed by atoms with van der Waals surface area (Å²) in [4.78, 5) is 11.1. The van der Waals surface area contributed by atoms with Crippen molar-refractivity contribution in [3.05, 3.63) is 40.0 Å². The molecule has 0 bridgehead atoms. The maximum atomic E-state index is 11.1. The van der Waals surface area contributed by atoms with E-state index in [0.29, 0.717) is 18.1 Å². The zero-order valence-electron chi connectivity index (χ0n) is 12.0. The fourth-order valence-electron chi connectivity index (χ4n) is 2.13. The van der Waals surface area contributed by atoms with Crippen LogP contribution in [0.5, 0.6) is 5.88 Å². The maximum Gasteiger partial charge on any atom is 0.337 e. The van der Waals surface area contributed by atoms with Gasteiger partial charge in [-0.25, -0.2) is 9.48 Å². The SMILES string of the molecule is COc1c(CNc2ccc(Cl)c(C(=O)O)c2)c(C)nn1C. The molecule has 0 amide bonds. The lowest BCUT2D eigenvalue weighted by atomic mass is 10.2. The number of carbonyl (C=O) groups is 1. The lowest BCUT2D eigenvalue weighted by Gasteiger charge is -2.09. The number of hydrogen-bond acceptors (Lipinski definition) is 4. The first-order chi connectivity index (χ1) is 9.93. The molecule has 0 radical (unpaired) electrons. The smallest absolute Gasteiger partial charge is 0.337 e. The van der Waals surface area contributed by atoms with Gasteiger partial charge in [0.15, 0.2) is 0 Å². The number of carboxylic acids is 1. The fraction of sp³-hybridized carbons (Fsp3) is 0.286. The molecule has 0 saturated carbocycles. The Hall–Kier alpha value is -2.21. The van der Waals surface area contributed by atoms with Crippen LogP contribution in [0.3, 0.4) is 0 Å². The molecule has 21 heavy (non-hydrogen) atoms. The number of hydrogen-bond donors (Lipinski definition) is 2. The number of rotatable bonds is 5. The van der Waals surface area contributed by atoms with Crippen LogP contribution in [-0.2, 0) is 13.6 Å². The van der Waals surface area contributed by atoms with Gasteiger partial charge in [-0.3, -0.25) is 0 Å². The molecular formula is C14H16ClN3O3. The van der Waals surface area contributed by atoms with Crippen LogP contribution in [0.4, 0.5) is 5.69 Å². The van der Waals surface area contributed by atoms with Gasteiger partial charge in [0.2, 0.25) is 5.88 Å². The van der Waals surface area contributed by atoms with Gasteiger partial charge < -0.3 is 15.2 Å². The average Bonchev–Trinajstić information content (AvgIpc) is 2.71. The van der Waals surface area contributed by atoms with Crippen LogP contribution in [0.25, 0.3) is 0 Å². The minimum absolute atomic E-state index is 0.0662. The third-order valence-electron chi connectivity index (χ3n) is 3.15. The zero-order valence-corrected chi connectivity index (χ0v) is 12.7. The number of anilines is 1. The average molecular weight is 310 g/mol. The Bertz CT molecular complexity index is 682. The van der Waals surface area contributed by atoms with Gasteiger partial charge >= 0.3 is 5.97 Å². The molecule has 2 N–H and O–H groups in total. The van der Waals surface area contributed by atoms with Crippen molar-refractivity contribution in [2.24, 2.45) is 7.05 Å². The minimum Gasteiger partial charge on any atom is -0.481 e. The third kappa shape index (κ3) is 3.11. The summed E-state index contributed by atoms with van der Waals surface area (Å²) in [5.74, 6) is -0.383. The van der Waals surface area contributed by atoms with Gasteiger partial charge in [-0.2, -0.15) is 5.10 Å². The molecule has 0 spiro atoms. The van der Waals surface area contributed by atoms with E-state index in [2.05, 4.69) is 10.4 Å². The van der Waals surface area contributed by atoms with E-state index in [1.165, 1.54) is 6.07 Å². The van der Waals surface area contributed by atoms with E-state index in [1.807, 2.05) is 6.92 Å². The molecule has 0 fully saturated rings. The summed E-state index contributed by atoms with van der Waals surface area (Å²) in [5, 5.41) is 16.7. The Labute approximate surface area is 127 Å². The van der Waals surface area contributed by atoms with Crippen molar-refractivity contribution < 1.29 is 14.6 Å². The van der Waals surface area contributed by atoms with E-state index in [-0.39, 0.29) is 10.6 Å². The van der Waals surface area contributed by atoms with Crippen molar-refractivity contribution in [2.75, 3.05) is 12.4 Å². The number of carboxylic acid groups (broad SMARTS) is 1. The third-order valence-corrected chi connectivity index (χ3v) is 3.48. The van der Waals surface area contributed by atoms with Gasteiger partial charge in [0.25, 0.3) is 0 Å². The zero-order chi connectivity index (χ0) is 15.6. The number of aromatic nitrogens is 2. The molecule has 1 heterocycles. The Morgan fingerprint density at radius 1 is 1.52 bits per heavy atom. The monoisotopic (exact) mass is 309 g/mol. The van der Waals surface area contributed by atoms with E-state index >= 15 is 0 Å². The number of nitrogens with zero attached hydrogens (tertiary/aromatic N) is 2. The summed E-state index contributed by atoms with van der Waals surface area (Å²) in [5.41, 5.74) is 2.51. The highest BCUT2D eigenvalue weighted by Gasteiger charge is 2.14. The molecule has 112 valence electrons. The van der Waals surface area contributed by atoms with Crippen LogP contribution in [0.2, 0.25) is 5.02 Å². The van der Waals surface area contributed by atoms with E-state index in [0.717, 1.165) is 11.3 Å². The number of methoxy groups -OCH3 is 1. The summed E-state index contributed by atoms with van der Waals surface area (Å²) in [6.45, 7) is 2.37. The van der Waals surface area contributed by atoms with Gasteiger partial charge in [-0.15, -0.1) is 0 Å². The quantitative estimate of drug-likeness (QED) is 0.888. The van der Waals surface area contributed by atoms with Crippen molar-refractivity contribution in [2.45, 2.75) is 13.5 Å². The van der Waals surface area contributed by atoms with E-state index in [4.69, 9.17) is 21.4 Å². The molecule has 2 rings (SSSR count). The molecule has 0 saturated heterocycles. The lowest BCUT2D eigenvalue weighted by molar-refractivity contribution is 0.0697. The highest BCUT2D eigenvalue weighted by atomic mass is 35.5. The number of aromatic carboxylic acids is 1. The summed E-state index contributed by atoms with van der Waals surface area (Å²) in [6.07, 6.45) is 0. The highest BCUT2D eigenvalue weighted by molar-refractivity contribution is 6.33. The lowest BCUT2D eigenvalue weighted by Crippen LogP contribution is -2.04. The summed E-state index contributed by atoms with van der Waals surface area (Å²) < 4.78 is 6.98. The molecule has 0 unspecified atom stereocenters. The molecule has 1 aromatic heterocycles. The molecule has 6 nitrogen and oxygen atoms in total. The van der Waals surface area contributed by atoms with Crippen molar-refractivity contribution >= 4 is 23.3 Å². The van der Waals surface area contributed by atoms with E-state index < -0.39 is 5.97 Å². The van der Waals surface area contributed by atoms with E-state index in [9.17, 15) is 4.79 Å². The van der Waals surface area contributed by atoms with E-state index in [1.54, 1.807) is 31.0 Å². The first kappa shape index (κ1) is 15.2. The van der Waals surface area contributed by atoms with Crippen LogP contribution < -0.4 is 10.1 Å². The number of halogens is 1. The predicted octanol–water partition coefficient (Wildman–Crippen LogP) is 2.70. The van der Waals surface area contributed by atoms with Crippen LogP contribution in [0.15, 0.2) is 18.2 Å². The van der Waals surface area contributed by atoms with Gasteiger partial charge in [0.05, 0.1) is 29.0 Å². The minimum atomic E-state index is -1.06. The van der Waals surface area contributed by atoms with Crippen molar-refractivity contribution in [3.63, 3.8) is 0 Å². The Balaban J connectivity index is 2.21. The Morgan fingerprint density at radius 2 is 2.24 bits per heavy atom. The largest absolute Gasteiger partial charge is 0.481 e. The Kier molecular flexibility index (Phi) is 4.37. The second kappa shape index (κ2) is 6.05. The second-order valence-corrected chi connectivity index (χ2v) is 4.96. The molecule has 0 aliphatic carbocycles. The molecule has 2 aromatic rings. The molecule has 0 atom stereocenters. The van der Waals surface area contributed by atoms with Crippen LogP contribution in [-0.4, -0.2) is 28.0 Å². The molecular weight excluding hydrogens is 294 g/mol. The van der Waals surface area contributed by atoms with Gasteiger partial charge in [-0.1, -0.05) is 11.6 Å². The van der Waals surface area contributed by atoms with Crippen molar-refractivity contribution in [3.8, 4) is 5.88 Å². The molecule has 7 heteroatoms. The van der Waals surface area contributed by atoms with Crippen LogP contribution >= 0.6 is 11.6 Å². The first-order valence-corrected chi connectivity index (χ1v) is 6.65. The molecule has 0 aliphatic heterocycles. The van der Waals surface area contributed by atoms with Gasteiger partial charge in [0.1, 0.15) is 0 Å². The normalized spacial score (nSPS) is 10.5. The fourth-order valence-corrected chi connectivity index (χ4v) is 2.33. The van der Waals surface area contributed by atoms with Gasteiger partial charge in [-0.05, 0) is 25.1 Å². The van der Waals surface area contributed by atoms with Crippen molar-refractivity contribution in [1.29, 1.82) is 0 Å². The Morgan fingerprint density at radius 3 is 2.86 bits per heavy atom. The van der Waals surface area contributed by atoms with Gasteiger partial charge in [0, 0.05) is 19.3 Å². The number of nitrogens with one attached hydrogen (secondary N) is 1. The van der Waals surface area contributed by atoms with Crippen molar-refractivity contribution in [1.82, 2.24) is 9.78 Å². The first-order valence-electron chi connectivity index (χ1n) is 6.27. The number of benzene rings is 1. The topological polar surface area (TPSA) is 76.4 Å². The highest BCUT2D eigenvalue weighted by Crippen LogP contribution is 2.24. The van der Waals surface area contributed by atoms with Crippen LogP contribution in [0.1, 0.15) is 21.6 Å². The predicted molar refractivity (Wildman–Crippen MR) is 80.2 cm³/mol. The number of aryl methyl sites for hydroxylation is 2. The summed E-state index contributed by atoms with van der Waals surface area (Å²) in [7, 11) is 3.39. The molecule has 0 aliphatic rings.